The van der Waals surface area contributed by atoms with Gasteiger partial charge in [-0.3, -0.25) is 14.7 Å². The Morgan fingerprint density at radius 3 is 2.74 bits per heavy atom. The van der Waals surface area contributed by atoms with Gasteiger partial charge in [-0.15, -0.1) is 11.3 Å². The number of likely N-dealkylation sites (tertiary alicyclic amines) is 1. The molecule has 1 aromatic carbocycles. The molecule has 1 saturated heterocycles. The molecule has 3 heterocycles. The molecular formula is C24H28N4O2S. The van der Waals surface area contributed by atoms with Gasteiger partial charge in [-0.2, -0.15) is 5.10 Å². The fraction of sp³-hybridized carbons (Fsp3) is 0.375. The third-order valence-corrected chi connectivity index (χ3v) is 7.06. The molecule has 1 atom stereocenters. The van der Waals surface area contributed by atoms with E-state index < -0.39 is 5.41 Å². The van der Waals surface area contributed by atoms with Crippen molar-refractivity contribution in [1.82, 2.24) is 15.1 Å². The molecule has 0 radical (unpaired) electrons. The highest BCUT2D eigenvalue weighted by Gasteiger charge is 2.43. The number of benzene rings is 1. The number of H-pyrrole nitrogens is 1. The molecule has 2 amide bonds. The summed E-state index contributed by atoms with van der Waals surface area (Å²) in [7, 11) is 0. The Morgan fingerprint density at radius 1 is 1.26 bits per heavy atom. The molecule has 4 rings (SSSR count). The van der Waals surface area contributed by atoms with Crippen LogP contribution in [-0.4, -0.2) is 40.0 Å². The highest BCUT2D eigenvalue weighted by Crippen LogP contribution is 2.38. The Hall–Kier alpha value is -2.93. The summed E-state index contributed by atoms with van der Waals surface area (Å²) in [5.74, 6) is -0.246. The lowest BCUT2D eigenvalue weighted by molar-refractivity contribution is -0.130. The number of thiophene rings is 1. The molecule has 162 valence electrons. The number of nitrogens with one attached hydrogen (secondary N) is 1. The quantitative estimate of drug-likeness (QED) is 0.606. The van der Waals surface area contributed by atoms with E-state index in [1.807, 2.05) is 37.4 Å². The number of hydrogen-bond acceptors (Lipinski definition) is 4. The van der Waals surface area contributed by atoms with Gasteiger partial charge in [0.15, 0.2) is 0 Å². The molecule has 0 spiro atoms. The monoisotopic (exact) mass is 436 g/mol. The summed E-state index contributed by atoms with van der Waals surface area (Å²) in [4.78, 5) is 28.8. The number of aromatic amines is 1. The van der Waals surface area contributed by atoms with Crippen LogP contribution in [0.25, 0.3) is 10.4 Å². The number of carbonyl (C=O) groups is 2. The van der Waals surface area contributed by atoms with E-state index in [-0.39, 0.29) is 17.7 Å². The van der Waals surface area contributed by atoms with Crippen LogP contribution in [0.5, 0.6) is 0 Å². The predicted molar refractivity (Wildman–Crippen MR) is 123 cm³/mol. The summed E-state index contributed by atoms with van der Waals surface area (Å²) in [6.45, 7) is 5.01. The second-order valence-corrected chi connectivity index (χ2v) is 9.60. The Labute approximate surface area is 186 Å². The largest absolute Gasteiger partial charge is 0.369 e. The molecule has 0 saturated carbocycles. The molecule has 1 aliphatic heterocycles. The zero-order valence-electron chi connectivity index (χ0n) is 17.9. The first-order valence-electron chi connectivity index (χ1n) is 10.7. The van der Waals surface area contributed by atoms with Gasteiger partial charge in [-0.1, -0.05) is 44.2 Å². The molecule has 2 aromatic heterocycles. The van der Waals surface area contributed by atoms with Crippen LogP contribution in [0.2, 0.25) is 0 Å². The van der Waals surface area contributed by atoms with Crippen LogP contribution < -0.4 is 5.73 Å². The van der Waals surface area contributed by atoms with E-state index in [9.17, 15) is 9.59 Å². The maximum absolute atomic E-state index is 13.1. The molecule has 0 bridgehead atoms. The van der Waals surface area contributed by atoms with Gasteiger partial charge < -0.3 is 10.6 Å². The average Bonchev–Trinajstić information content (AvgIpc) is 3.46. The Morgan fingerprint density at radius 2 is 2.06 bits per heavy atom. The molecule has 1 aliphatic rings. The Bertz CT molecular complexity index is 1070. The zero-order chi connectivity index (χ0) is 22.0. The van der Waals surface area contributed by atoms with Crippen molar-refractivity contribution in [3.05, 3.63) is 64.8 Å². The SMILES string of the molecule is CC(C)c1cc(C(=O)N2CCCC(Cc3ccccc3-c3cccs3)(C(N)=O)C2)n[nH]1. The van der Waals surface area contributed by atoms with Crippen LogP contribution in [0, 0.1) is 5.41 Å². The fourth-order valence-electron chi connectivity index (χ4n) is 4.35. The molecular weight excluding hydrogens is 408 g/mol. The van der Waals surface area contributed by atoms with Gasteiger partial charge in [-0.25, -0.2) is 0 Å². The van der Waals surface area contributed by atoms with Crippen molar-refractivity contribution in [3.63, 3.8) is 0 Å². The molecule has 0 aliphatic carbocycles. The van der Waals surface area contributed by atoms with E-state index in [0.717, 1.165) is 28.1 Å². The first kappa shape index (κ1) is 21.3. The van der Waals surface area contributed by atoms with E-state index in [0.29, 0.717) is 31.6 Å². The summed E-state index contributed by atoms with van der Waals surface area (Å²) in [5, 5.41) is 9.20. The van der Waals surface area contributed by atoms with E-state index >= 15 is 0 Å². The van der Waals surface area contributed by atoms with Gasteiger partial charge in [0.25, 0.3) is 5.91 Å². The molecule has 6 nitrogen and oxygen atoms in total. The number of carbonyl (C=O) groups excluding carboxylic acids is 2. The summed E-state index contributed by atoms with van der Waals surface area (Å²) >= 11 is 1.67. The third-order valence-electron chi connectivity index (χ3n) is 6.16. The molecule has 3 aromatic rings. The lowest BCUT2D eigenvalue weighted by Crippen LogP contribution is -2.53. The molecule has 7 heteroatoms. The first-order chi connectivity index (χ1) is 14.9. The second-order valence-electron chi connectivity index (χ2n) is 8.65. The van der Waals surface area contributed by atoms with Crippen LogP contribution in [-0.2, 0) is 11.2 Å². The van der Waals surface area contributed by atoms with Crippen molar-refractivity contribution in [2.45, 2.75) is 39.0 Å². The van der Waals surface area contributed by atoms with Gasteiger partial charge in [0, 0.05) is 23.7 Å². The number of primary amides is 1. The van der Waals surface area contributed by atoms with Crippen LogP contribution in [0.1, 0.15) is 54.4 Å². The van der Waals surface area contributed by atoms with Crippen molar-refractivity contribution >= 4 is 23.2 Å². The van der Waals surface area contributed by atoms with Crippen molar-refractivity contribution in [2.24, 2.45) is 11.1 Å². The Kier molecular flexibility index (Phi) is 5.96. The molecule has 1 unspecified atom stereocenters. The first-order valence-corrected chi connectivity index (χ1v) is 11.5. The standard InChI is InChI=1S/C24H28N4O2S/c1-16(2)19-13-20(27-26-19)22(29)28-11-6-10-24(15-28,23(25)30)14-17-7-3-4-8-18(17)21-9-5-12-31-21/h3-5,7-9,12-13,16H,6,10-11,14-15H2,1-2H3,(H2,25,30)(H,26,27). The van der Waals surface area contributed by atoms with Gasteiger partial charge in [-0.05, 0) is 53.8 Å². The number of piperidine rings is 1. The third kappa shape index (κ3) is 4.28. The zero-order valence-corrected chi connectivity index (χ0v) is 18.7. The average molecular weight is 437 g/mol. The smallest absolute Gasteiger partial charge is 0.274 e. The van der Waals surface area contributed by atoms with Gasteiger partial charge >= 0.3 is 0 Å². The summed E-state index contributed by atoms with van der Waals surface area (Å²) < 4.78 is 0. The number of hydrogen-bond donors (Lipinski definition) is 2. The van der Waals surface area contributed by atoms with Crippen molar-refractivity contribution in [3.8, 4) is 10.4 Å². The molecule has 3 N–H and O–H groups in total. The highest BCUT2D eigenvalue weighted by molar-refractivity contribution is 7.13. The minimum atomic E-state index is -0.793. The topological polar surface area (TPSA) is 92.1 Å². The minimum Gasteiger partial charge on any atom is -0.369 e. The molecule has 1 fully saturated rings. The van der Waals surface area contributed by atoms with Crippen LogP contribution >= 0.6 is 11.3 Å². The number of nitrogens with zero attached hydrogens (tertiary/aromatic N) is 2. The lowest BCUT2D eigenvalue weighted by atomic mass is 9.73. The maximum Gasteiger partial charge on any atom is 0.274 e. The number of aromatic nitrogens is 2. The molecule has 31 heavy (non-hydrogen) atoms. The minimum absolute atomic E-state index is 0.153. The van der Waals surface area contributed by atoms with Crippen molar-refractivity contribution in [2.75, 3.05) is 13.1 Å². The number of rotatable bonds is 6. The van der Waals surface area contributed by atoms with E-state index in [1.54, 1.807) is 22.3 Å². The second kappa shape index (κ2) is 8.67. The number of amides is 2. The summed E-state index contributed by atoms with van der Waals surface area (Å²) in [6.07, 6.45) is 1.91. The highest BCUT2D eigenvalue weighted by atomic mass is 32.1. The maximum atomic E-state index is 13.1. The predicted octanol–water partition coefficient (Wildman–Crippen LogP) is 4.21. The normalized spacial score (nSPS) is 19.0. The van der Waals surface area contributed by atoms with Gasteiger partial charge in [0.1, 0.15) is 5.69 Å². The van der Waals surface area contributed by atoms with Crippen LogP contribution in [0.15, 0.2) is 47.8 Å². The van der Waals surface area contributed by atoms with E-state index in [4.69, 9.17) is 5.73 Å². The van der Waals surface area contributed by atoms with Crippen molar-refractivity contribution < 1.29 is 9.59 Å². The van der Waals surface area contributed by atoms with E-state index in [1.165, 1.54) is 0 Å². The summed E-state index contributed by atoms with van der Waals surface area (Å²) in [5.41, 5.74) is 8.69. The lowest BCUT2D eigenvalue weighted by Gasteiger charge is -2.41. The van der Waals surface area contributed by atoms with Gasteiger partial charge in [0.2, 0.25) is 5.91 Å². The Balaban J connectivity index is 1.61. The van der Waals surface area contributed by atoms with Crippen LogP contribution in [0.4, 0.5) is 0 Å². The van der Waals surface area contributed by atoms with Crippen LogP contribution in [0.3, 0.4) is 0 Å². The van der Waals surface area contributed by atoms with Crippen molar-refractivity contribution in [1.29, 1.82) is 0 Å². The van der Waals surface area contributed by atoms with E-state index in [2.05, 4.69) is 28.4 Å². The summed E-state index contributed by atoms with van der Waals surface area (Å²) in [6, 6.07) is 14.1. The van der Waals surface area contributed by atoms with Gasteiger partial charge in [0.05, 0.1) is 5.41 Å². The fourth-order valence-corrected chi connectivity index (χ4v) is 5.14. The number of nitrogens with two attached hydrogens (primary N) is 1.